The summed E-state index contributed by atoms with van der Waals surface area (Å²) in [5.74, 6) is -0.0319. The van der Waals surface area contributed by atoms with Crippen LogP contribution in [0.1, 0.15) is 40.0 Å². The summed E-state index contributed by atoms with van der Waals surface area (Å²) < 4.78 is 4.59. The SMILES string of the molecule is CCC[C@@H](N)C(=O)N(CCC(=O)OC)CC(C)C. The van der Waals surface area contributed by atoms with Crippen LogP contribution in [0.15, 0.2) is 0 Å². The molecule has 0 rings (SSSR count). The van der Waals surface area contributed by atoms with Crippen LogP contribution in [-0.4, -0.2) is 43.0 Å². The molecule has 0 unspecified atom stereocenters. The van der Waals surface area contributed by atoms with Gasteiger partial charge in [-0.3, -0.25) is 9.59 Å². The van der Waals surface area contributed by atoms with Crippen LogP contribution in [0.2, 0.25) is 0 Å². The maximum Gasteiger partial charge on any atom is 0.307 e. The molecule has 1 amide bonds. The van der Waals surface area contributed by atoms with Crippen molar-refractivity contribution >= 4 is 11.9 Å². The molecule has 1 atom stereocenters. The first-order valence-corrected chi connectivity index (χ1v) is 6.53. The monoisotopic (exact) mass is 258 g/mol. The summed E-state index contributed by atoms with van der Waals surface area (Å²) in [6.45, 7) is 7.05. The van der Waals surface area contributed by atoms with Crippen LogP contribution in [0.3, 0.4) is 0 Å². The number of nitrogens with two attached hydrogens (primary N) is 1. The molecule has 0 fully saturated rings. The Bertz CT molecular complexity index is 267. The second-order valence-electron chi connectivity index (χ2n) is 4.90. The van der Waals surface area contributed by atoms with E-state index in [0.29, 0.717) is 25.4 Å². The van der Waals surface area contributed by atoms with Crippen molar-refractivity contribution in [3.8, 4) is 0 Å². The molecule has 5 nitrogen and oxygen atoms in total. The van der Waals surface area contributed by atoms with E-state index in [0.717, 1.165) is 6.42 Å². The van der Waals surface area contributed by atoms with Crippen molar-refractivity contribution < 1.29 is 14.3 Å². The molecule has 0 bridgehead atoms. The predicted molar refractivity (Wildman–Crippen MR) is 70.9 cm³/mol. The summed E-state index contributed by atoms with van der Waals surface area (Å²) in [6, 6.07) is -0.466. The lowest BCUT2D eigenvalue weighted by Crippen LogP contribution is -2.46. The molecular weight excluding hydrogens is 232 g/mol. The summed E-state index contributed by atoms with van der Waals surface area (Å²) in [6.07, 6.45) is 1.76. The van der Waals surface area contributed by atoms with Crippen molar-refractivity contribution in [1.82, 2.24) is 4.90 Å². The van der Waals surface area contributed by atoms with Crippen LogP contribution in [0.5, 0.6) is 0 Å². The van der Waals surface area contributed by atoms with Gasteiger partial charge in [0.05, 0.1) is 19.6 Å². The molecule has 0 spiro atoms. The van der Waals surface area contributed by atoms with E-state index in [-0.39, 0.29) is 18.3 Å². The molecule has 0 aliphatic rings. The Labute approximate surface area is 110 Å². The lowest BCUT2D eigenvalue weighted by Gasteiger charge is -2.27. The van der Waals surface area contributed by atoms with Gasteiger partial charge in [0.15, 0.2) is 0 Å². The number of hydrogen-bond acceptors (Lipinski definition) is 4. The van der Waals surface area contributed by atoms with Gasteiger partial charge in [0.25, 0.3) is 0 Å². The second kappa shape index (κ2) is 8.91. The number of amides is 1. The van der Waals surface area contributed by atoms with E-state index in [4.69, 9.17) is 5.73 Å². The second-order valence-corrected chi connectivity index (χ2v) is 4.90. The quantitative estimate of drug-likeness (QED) is 0.663. The topological polar surface area (TPSA) is 72.6 Å². The third-order valence-corrected chi connectivity index (χ3v) is 2.63. The van der Waals surface area contributed by atoms with Crippen LogP contribution < -0.4 is 5.73 Å². The fourth-order valence-electron chi connectivity index (χ4n) is 1.73. The van der Waals surface area contributed by atoms with Gasteiger partial charge in [0.2, 0.25) is 5.91 Å². The fraction of sp³-hybridized carbons (Fsp3) is 0.846. The number of carbonyl (C=O) groups is 2. The molecule has 0 aromatic heterocycles. The van der Waals surface area contributed by atoms with E-state index in [1.54, 1.807) is 4.90 Å². The Hall–Kier alpha value is -1.10. The zero-order valence-electron chi connectivity index (χ0n) is 11.9. The number of nitrogens with zero attached hydrogens (tertiary/aromatic N) is 1. The Balaban J connectivity index is 4.46. The number of rotatable bonds is 8. The molecule has 106 valence electrons. The molecule has 0 aromatic carbocycles. The van der Waals surface area contributed by atoms with E-state index < -0.39 is 6.04 Å². The number of esters is 1. The van der Waals surface area contributed by atoms with Crippen molar-refractivity contribution in [3.05, 3.63) is 0 Å². The van der Waals surface area contributed by atoms with Crippen LogP contribution in [-0.2, 0) is 14.3 Å². The number of carbonyl (C=O) groups excluding carboxylic acids is 2. The minimum atomic E-state index is -0.466. The predicted octanol–water partition coefficient (Wildman–Crippen LogP) is 1.16. The largest absolute Gasteiger partial charge is 0.469 e. The van der Waals surface area contributed by atoms with Crippen molar-refractivity contribution in [2.24, 2.45) is 11.7 Å². The Kier molecular flexibility index (Phi) is 8.37. The van der Waals surface area contributed by atoms with Gasteiger partial charge in [-0.2, -0.15) is 0 Å². The number of ether oxygens (including phenoxy) is 1. The maximum atomic E-state index is 12.1. The molecule has 5 heteroatoms. The first kappa shape index (κ1) is 16.9. The molecule has 0 radical (unpaired) electrons. The van der Waals surface area contributed by atoms with Crippen LogP contribution in [0, 0.1) is 5.92 Å². The minimum Gasteiger partial charge on any atom is -0.469 e. The molecule has 0 saturated carbocycles. The van der Waals surface area contributed by atoms with E-state index in [9.17, 15) is 9.59 Å². The lowest BCUT2D eigenvalue weighted by atomic mass is 10.1. The number of hydrogen-bond donors (Lipinski definition) is 1. The van der Waals surface area contributed by atoms with Gasteiger partial charge >= 0.3 is 5.97 Å². The third-order valence-electron chi connectivity index (χ3n) is 2.63. The molecular formula is C13H26N2O3. The first-order valence-electron chi connectivity index (χ1n) is 6.53. The summed E-state index contributed by atoms with van der Waals surface area (Å²) in [5, 5.41) is 0. The lowest BCUT2D eigenvalue weighted by molar-refractivity contribution is -0.142. The molecule has 0 saturated heterocycles. The minimum absolute atomic E-state index is 0.0746. The standard InChI is InChI=1S/C13H26N2O3/c1-5-6-11(14)13(17)15(9-10(2)3)8-7-12(16)18-4/h10-11H,5-9,14H2,1-4H3/t11-/m1/s1. The van der Waals surface area contributed by atoms with Gasteiger partial charge in [-0.25, -0.2) is 0 Å². The zero-order valence-corrected chi connectivity index (χ0v) is 11.9. The van der Waals surface area contributed by atoms with Crippen molar-refractivity contribution in [2.45, 2.75) is 46.1 Å². The molecule has 2 N–H and O–H groups in total. The maximum absolute atomic E-state index is 12.1. The van der Waals surface area contributed by atoms with Crippen molar-refractivity contribution in [2.75, 3.05) is 20.2 Å². The Morgan fingerprint density at radius 1 is 1.33 bits per heavy atom. The highest BCUT2D eigenvalue weighted by molar-refractivity contribution is 5.82. The molecule has 0 aromatic rings. The van der Waals surface area contributed by atoms with Gasteiger partial charge in [-0.1, -0.05) is 27.2 Å². The van der Waals surface area contributed by atoms with Gasteiger partial charge in [-0.15, -0.1) is 0 Å². The van der Waals surface area contributed by atoms with E-state index in [1.807, 2.05) is 20.8 Å². The van der Waals surface area contributed by atoms with E-state index in [1.165, 1.54) is 7.11 Å². The van der Waals surface area contributed by atoms with Gasteiger partial charge < -0.3 is 15.4 Å². The Morgan fingerprint density at radius 2 is 1.94 bits per heavy atom. The molecule has 18 heavy (non-hydrogen) atoms. The highest BCUT2D eigenvalue weighted by Crippen LogP contribution is 2.06. The normalized spacial score (nSPS) is 12.3. The summed E-state index contributed by atoms with van der Waals surface area (Å²) >= 11 is 0. The van der Waals surface area contributed by atoms with E-state index >= 15 is 0 Å². The van der Waals surface area contributed by atoms with Crippen LogP contribution in [0.25, 0.3) is 0 Å². The van der Waals surface area contributed by atoms with Gasteiger partial charge in [0.1, 0.15) is 0 Å². The summed E-state index contributed by atoms with van der Waals surface area (Å²) in [4.78, 5) is 24.9. The third kappa shape index (κ3) is 6.59. The number of methoxy groups -OCH3 is 1. The smallest absolute Gasteiger partial charge is 0.307 e. The zero-order chi connectivity index (χ0) is 14.1. The van der Waals surface area contributed by atoms with Crippen LogP contribution >= 0.6 is 0 Å². The highest BCUT2D eigenvalue weighted by atomic mass is 16.5. The first-order chi connectivity index (χ1) is 8.42. The fourth-order valence-corrected chi connectivity index (χ4v) is 1.73. The van der Waals surface area contributed by atoms with Gasteiger partial charge in [0, 0.05) is 13.1 Å². The van der Waals surface area contributed by atoms with Crippen molar-refractivity contribution in [3.63, 3.8) is 0 Å². The summed E-state index contributed by atoms with van der Waals surface area (Å²) in [7, 11) is 1.35. The Morgan fingerprint density at radius 3 is 2.39 bits per heavy atom. The average molecular weight is 258 g/mol. The summed E-state index contributed by atoms with van der Waals surface area (Å²) in [5.41, 5.74) is 5.84. The molecule has 0 aliphatic carbocycles. The van der Waals surface area contributed by atoms with Crippen LogP contribution in [0.4, 0.5) is 0 Å². The van der Waals surface area contributed by atoms with E-state index in [2.05, 4.69) is 4.74 Å². The molecule has 0 aliphatic heterocycles. The average Bonchev–Trinajstić information content (AvgIpc) is 2.32. The molecule has 0 heterocycles. The highest BCUT2D eigenvalue weighted by Gasteiger charge is 2.21. The van der Waals surface area contributed by atoms with Crippen molar-refractivity contribution in [1.29, 1.82) is 0 Å². The van der Waals surface area contributed by atoms with Gasteiger partial charge in [-0.05, 0) is 12.3 Å².